The fraction of sp³-hybridized carbons (Fsp3) is 0.600. The lowest BCUT2D eigenvalue weighted by Crippen LogP contribution is -2.46. The van der Waals surface area contributed by atoms with Crippen LogP contribution in [-0.4, -0.2) is 59.7 Å². The Morgan fingerprint density at radius 2 is 1.81 bits per heavy atom. The van der Waals surface area contributed by atoms with Gasteiger partial charge in [0.1, 0.15) is 5.82 Å². The largest absolute Gasteiger partial charge is 0.491 e. The van der Waals surface area contributed by atoms with Crippen molar-refractivity contribution in [3.8, 4) is 0 Å². The van der Waals surface area contributed by atoms with Gasteiger partial charge in [0.2, 0.25) is 0 Å². The molecule has 6 heteroatoms. The normalized spacial score (nSPS) is 17.1. The van der Waals surface area contributed by atoms with Gasteiger partial charge in [0, 0.05) is 38.2 Å². The summed E-state index contributed by atoms with van der Waals surface area (Å²) in [6.45, 7) is 8.21. The molecule has 0 atom stereocenters. The number of hydrogen-bond donors (Lipinski definition) is 2. The minimum atomic E-state index is -1.75. The molecular formula is C15H24BFN2O2. The Balaban J connectivity index is 1.85. The first-order chi connectivity index (χ1) is 10.1. The molecule has 1 aromatic carbocycles. The van der Waals surface area contributed by atoms with Gasteiger partial charge >= 0.3 is 7.12 Å². The lowest BCUT2D eigenvalue weighted by Gasteiger charge is -2.34. The summed E-state index contributed by atoms with van der Waals surface area (Å²) in [4.78, 5) is 4.79. The molecule has 4 nitrogen and oxygen atoms in total. The highest BCUT2D eigenvalue weighted by Crippen LogP contribution is 2.10. The first kappa shape index (κ1) is 16.4. The summed E-state index contributed by atoms with van der Waals surface area (Å²) in [6.07, 6.45) is 2.47. The molecule has 0 aliphatic carbocycles. The summed E-state index contributed by atoms with van der Waals surface area (Å²) in [5.74, 6) is -0.552. The zero-order valence-corrected chi connectivity index (χ0v) is 12.6. The Hall–Kier alpha value is -0.945. The van der Waals surface area contributed by atoms with E-state index in [0.717, 1.165) is 31.7 Å². The van der Waals surface area contributed by atoms with Crippen LogP contribution in [0.2, 0.25) is 0 Å². The maximum absolute atomic E-state index is 13.7. The van der Waals surface area contributed by atoms with Gasteiger partial charge < -0.3 is 14.9 Å². The van der Waals surface area contributed by atoms with Crippen molar-refractivity contribution in [1.82, 2.24) is 9.80 Å². The van der Waals surface area contributed by atoms with Crippen LogP contribution in [0, 0.1) is 5.82 Å². The summed E-state index contributed by atoms with van der Waals surface area (Å²) in [5, 5.41) is 18.0. The molecule has 1 saturated heterocycles. The zero-order chi connectivity index (χ0) is 15.2. The predicted molar refractivity (Wildman–Crippen MR) is 82.9 cm³/mol. The van der Waals surface area contributed by atoms with Gasteiger partial charge in [-0.2, -0.15) is 0 Å². The van der Waals surface area contributed by atoms with Crippen molar-refractivity contribution < 1.29 is 14.4 Å². The molecule has 0 unspecified atom stereocenters. The topological polar surface area (TPSA) is 46.9 Å². The van der Waals surface area contributed by atoms with Gasteiger partial charge in [0.15, 0.2) is 0 Å². The summed E-state index contributed by atoms with van der Waals surface area (Å²) in [7, 11) is -1.75. The first-order valence-electron chi connectivity index (χ1n) is 7.69. The van der Waals surface area contributed by atoms with Crippen molar-refractivity contribution in [3.63, 3.8) is 0 Å². The number of piperazine rings is 1. The van der Waals surface area contributed by atoms with E-state index in [1.165, 1.54) is 31.5 Å². The molecule has 1 aromatic rings. The molecule has 0 spiro atoms. The SMILES string of the molecule is CCCCN1CCN(Cc2ccc(B(O)O)c(F)c2)CC1. The lowest BCUT2D eigenvalue weighted by molar-refractivity contribution is 0.126. The van der Waals surface area contributed by atoms with E-state index in [-0.39, 0.29) is 5.46 Å². The van der Waals surface area contributed by atoms with E-state index in [4.69, 9.17) is 10.0 Å². The van der Waals surface area contributed by atoms with Crippen LogP contribution in [0.4, 0.5) is 4.39 Å². The molecule has 21 heavy (non-hydrogen) atoms. The van der Waals surface area contributed by atoms with Crippen LogP contribution in [0.15, 0.2) is 18.2 Å². The number of nitrogens with zero attached hydrogens (tertiary/aromatic N) is 2. The van der Waals surface area contributed by atoms with E-state index in [9.17, 15) is 4.39 Å². The van der Waals surface area contributed by atoms with Crippen LogP contribution in [0.5, 0.6) is 0 Å². The molecular weight excluding hydrogens is 270 g/mol. The lowest BCUT2D eigenvalue weighted by atomic mass is 9.79. The Labute approximate surface area is 126 Å². The summed E-state index contributed by atoms with van der Waals surface area (Å²) < 4.78 is 13.7. The van der Waals surface area contributed by atoms with Gasteiger partial charge in [-0.25, -0.2) is 4.39 Å². The van der Waals surface area contributed by atoms with E-state index in [1.807, 2.05) is 0 Å². The average Bonchev–Trinajstić information content (AvgIpc) is 2.46. The second-order valence-electron chi connectivity index (χ2n) is 5.70. The Kier molecular flexibility index (Phi) is 6.17. The Morgan fingerprint density at radius 1 is 1.14 bits per heavy atom. The zero-order valence-electron chi connectivity index (χ0n) is 12.6. The summed E-state index contributed by atoms with van der Waals surface area (Å²) >= 11 is 0. The second-order valence-corrected chi connectivity index (χ2v) is 5.70. The number of unbranched alkanes of at least 4 members (excludes halogenated alkanes) is 1. The van der Waals surface area contributed by atoms with Crippen LogP contribution >= 0.6 is 0 Å². The molecule has 1 aliphatic rings. The smallest absolute Gasteiger partial charge is 0.423 e. The standard InChI is InChI=1S/C15H24BFN2O2/c1-2-3-6-18-7-9-19(10-8-18)12-13-4-5-14(16(20)21)15(17)11-13/h4-5,11,20-21H,2-3,6-10,12H2,1H3. The third kappa shape index (κ3) is 4.78. The molecule has 2 N–H and O–H groups in total. The van der Waals surface area contributed by atoms with Crippen molar-refractivity contribution in [2.75, 3.05) is 32.7 Å². The Morgan fingerprint density at radius 3 is 2.38 bits per heavy atom. The van der Waals surface area contributed by atoms with Gasteiger partial charge in [0.05, 0.1) is 0 Å². The number of rotatable bonds is 6. The predicted octanol–water partition coefficient (Wildman–Crippen LogP) is 0.423. The van der Waals surface area contributed by atoms with Crippen LogP contribution in [-0.2, 0) is 6.54 Å². The molecule has 0 bridgehead atoms. The van der Waals surface area contributed by atoms with Crippen molar-refractivity contribution in [2.24, 2.45) is 0 Å². The second kappa shape index (κ2) is 7.89. The molecule has 2 rings (SSSR count). The van der Waals surface area contributed by atoms with Crippen molar-refractivity contribution in [3.05, 3.63) is 29.6 Å². The molecule has 116 valence electrons. The highest BCUT2D eigenvalue weighted by atomic mass is 19.1. The molecule has 0 radical (unpaired) electrons. The molecule has 1 aliphatic heterocycles. The van der Waals surface area contributed by atoms with Crippen molar-refractivity contribution in [1.29, 1.82) is 0 Å². The van der Waals surface area contributed by atoms with Crippen LogP contribution in [0.1, 0.15) is 25.3 Å². The molecule has 1 fully saturated rings. The van der Waals surface area contributed by atoms with Crippen LogP contribution < -0.4 is 5.46 Å². The van der Waals surface area contributed by atoms with Gasteiger partial charge in [0.25, 0.3) is 0 Å². The van der Waals surface area contributed by atoms with E-state index >= 15 is 0 Å². The molecule has 0 aromatic heterocycles. The van der Waals surface area contributed by atoms with E-state index < -0.39 is 12.9 Å². The molecule has 0 saturated carbocycles. The maximum atomic E-state index is 13.7. The highest BCUT2D eigenvalue weighted by Gasteiger charge is 2.19. The summed E-state index contributed by atoms with van der Waals surface area (Å²) in [5.41, 5.74) is 0.807. The number of halogens is 1. The number of benzene rings is 1. The minimum absolute atomic E-state index is 0.0665. The minimum Gasteiger partial charge on any atom is -0.423 e. The molecule has 1 heterocycles. The van der Waals surface area contributed by atoms with Gasteiger partial charge in [-0.3, -0.25) is 4.90 Å². The monoisotopic (exact) mass is 294 g/mol. The van der Waals surface area contributed by atoms with E-state index in [1.54, 1.807) is 6.07 Å². The van der Waals surface area contributed by atoms with E-state index in [2.05, 4.69) is 16.7 Å². The van der Waals surface area contributed by atoms with Crippen LogP contribution in [0.25, 0.3) is 0 Å². The van der Waals surface area contributed by atoms with Crippen LogP contribution in [0.3, 0.4) is 0 Å². The quantitative estimate of drug-likeness (QED) is 0.747. The number of hydrogen-bond acceptors (Lipinski definition) is 4. The third-order valence-corrected chi connectivity index (χ3v) is 4.04. The fourth-order valence-corrected chi connectivity index (χ4v) is 2.69. The Bertz CT molecular complexity index is 451. The summed E-state index contributed by atoms with van der Waals surface area (Å²) in [6, 6.07) is 4.62. The van der Waals surface area contributed by atoms with Crippen molar-refractivity contribution in [2.45, 2.75) is 26.3 Å². The third-order valence-electron chi connectivity index (χ3n) is 4.04. The molecule has 0 amide bonds. The highest BCUT2D eigenvalue weighted by molar-refractivity contribution is 6.58. The first-order valence-corrected chi connectivity index (χ1v) is 7.69. The van der Waals surface area contributed by atoms with Gasteiger partial charge in [-0.15, -0.1) is 0 Å². The van der Waals surface area contributed by atoms with Crippen molar-refractivity contribution >= 4 is 12.6 Å². The fourth-order valence-electron chi connectivity index (χ4n) is 2.69. The van der Waals surface area contributed by atoms with E-state index in [0.29, 0.717) is 6.54 Å². The maximum Gasteiger partial charge on any atom is 0.491 e. The van der Waals surface area contributed by atoms with Gasteiger partial charge in [-0.1, -0.05) is 25.5 Å². The average molecular weight is 294 g/mol. The van der Waals surface area contributed by atoms with Gasteiger partial charge in [-0.05, 0) is 24.6 Å².